The van der Waals surface area contributed by atoms with E-state index in [9.17, 15) is 4.79 Å². The van der Waals surface area contributed by atoms with Gasteiger partial charge in [0.05, 0.1) is 26.3 Å². The summed E-state index contributed by atoms with van der Waals surface area (Å²) in [4.78, 5) is 17.9. The molecule has 2 N–H and O–H groups in total. The lowest BCUT2D eigenvalue weighted by Gasteiger charge is -2.26. The summed E-state index contributed by atoms with van der Waals surface area (Å²) in [5, 5.41) is 4.76. The van der Waals surface area contributed by atoms with Crippen LogP contribution in [0.15, 0.2) is 41.2 Å². The number of H-pyrrole nitrogens is 1. The minimum atomic E-state index is -0.174. The molecule has 1 aliphatic rings. The molecule has 0 saturated heterocycles. The molecule has 0 amide bonds. The number of methoxy groups -OCH3 is 2. The molecule has 0 radical (unpaired) electrons. The van der Waals surface area contributed by atoms with E-state index in [1.807, 2.05) is 35.2 Å². The number of thiocarbonyl (C=S) groups is 1. The number of nitrogens with one attached hydrogen (secondary N) is 2. The molecule has 0 saturated carbocycles. The maximum atomic E-state index is 13.0. The third-order valence-corrected chi connectivity index (χ3v) is 6.09. The fourth-order valence-corrected chi connectivity index (χ4v) is 4.08. The van der Waals surface area contributed by atoms with E-state index in [2.05, 4.69) is 17.2 Å². The Morgan fingerprint density at radius 1 is 1.09 bits per heavy atom. The Kier molecular flexibility index (Phi) is 7.42. The molecule has 0 atom stereocenters. The molecule has 34 heavy (non-hydrogen) atoms. The standard InChI is InChI=1S/C25H29N3O5S/c1-4-5-8-26-25(34)28(13-16-6-7-20-23(9-16)33-15-32-20)14-18-10-17-11-21(30-2)22(31-3)12-19(17)27-24(18)29/h6-7,9-12H,4-5,8,13-15H2,1-3H3,(H,26,34)(H,27,29). The molecule has 4 rings (SSSR count). The average Bonchev–Trinajstić information content (AvgIpc) is 3.31. The highest BCUT2D eigenvalue weighted by Gasteiger charge is 2.18. The molecule has 0 bridgehead atoms. The van der Waals surface area contributed by atoms with Crippen LogP contribution < -0.4 is 29.8 Å². The quantitative estimate of drug-likeness (QED) is 0.350. The van der Waals surface area contributed by atoms with Crippen molar-refractivity contribution in [3.05, 3.63) is 57.9 Å². The van der Waals surface area contributed by atoms with Crippen molar-refractivity contribution in [2.75, 3.05) is 27.6 Å². The lowest BCUT2D eigenvalue weighted by molar-refractivity contribution is 0.174. The van der Waals surface area contributed by atoms with E-state index in [1.165, 1.54) is 0 Å². The van der Waals surface area contributed by atoms with E-state index in [0.717, 1.165) is 36.1 Å². The van der Waals surface area contributed by atoms with Crippen molar-refractivity contribution < 1.29 is 18.9 Å². The smallest absolute Gasteiger partial charge is 0.253 e. The van der Waals surface area contributed by atoms with Crippen molar-refractivity contribution in [3.63, 3.8) is 0 Å². The molecule has 0 unspecified atom stereocenters. The summed E-state index contributed by atoms with van der Waals surface area (Å²) < 4.78 is 21.7. The third kappa shape index (κ3) is 5.20. The van der Waals surface area contributed by atoms with Crippen molar-refractivity contribution in [2.24, 2.45) is 0 Å². The second-order valence-corrected chi connectivity index (χ2v) is 8.43. The first-order valence-electron chi connectivity index (χ1n) is 11.2. The van der Waals surface area contributed by atoms with Crippen molar-refractivity contribution in [1.29, 1.82) is 0 Å². The van der Waals surface area contributed by atoms with E-state index in [-0.39, 0.29) is 12.4 Å². The summed E-state index contributed by atoms with van der Waals surface area (Å²) in [6.45, 7) is 3.98. The lowest BCUT2D eigenvalue weighted by Crippen LogP contribution is -2.40. The molecule has 1 aromatic heterocycles. The van der Waals surface area contributed by atoms with Gasteiger partial charge in [-0.25, -0.2) is 0 Å². The van der Waals surface area contributed by atoms with Crippen molar-refractivity contribution in [1.82, 2.24) is 15.2 Å². The van der Waals surface area contributed by atoms with E-state index < -0.39 is 0 Å². The summed E-state index contributed by atoms with van der Waals surface area (Å²) in [6.07, 6.45) is 2.07. The number of pyridine rings is 1. The topological polar surface area (TPSA) is 85.1 Å². The molecule has 0 spiro atoms. The van der Waals surface area contributed by atoms with E-state index >= 15 is 0 Å². The molecular weight excluding hydrogens is 454 g/mol. The minimum absolute atomic E-state index is 0.174. The minimum Gasteiger partial charge on any atom is -0.493 e. The molecule has 180 valence electrons. The van der Waals surface area contributed by atoms with Crippen molar-refractivity contribution >= 4 is 28.2 Å². The zero-order chi connectivity index (χ0) is 24.1. The second kappa shape index (κ2) is 10.6. The number of rotatable bonds is 9. The van der Waals surface area contributed by atoms with Gasteiger partial charge in [0, 0.05) is 30.1 Å². The van der Waals surface area contributed by atoms with Crippen LogP contribution in [0.25, 0.3) is 10.9 Å². The van der Waals surface area contributed by atoms with Gasteiger partial charge in [-0.2, -0.15) is 0 Å². The van der Waals surface area contributed by atoms with E-state index in [4.69, 9.17) is 31.2 Å². The van der Waals surface area contributed by atoms with Crippen LogP contribution in [0.3, 0.4) is 0 Å². The van der Waals surface area contributed by atoms with Crippen LogP contribution in [0.4, 0.5) is 0 Å². The Labute approximate surface area is 203 Å². The number of fused-ring (bicyclic) bond motifs is 2. The largest absolute Gasteiger partial charge is 0.493 e. The van der Waals surface area contributed by atoms with Crippen LogP contribution in [0.1, 0.15) is 30.9 Å². The lowest BCUT2D eigenvalue weighted by atomic mass is 10.1. The number of benzene rings is 2. The number of hydrogen-bond donors (Lipinski definition) is 2. The zero-order valence-electron chi connectivity index (χ0n) is 19.6. The van der Waals surface area contributed by atoms with Crippen LogP contribution in [-0.2, 0) is 13.1 Å². The molecular formula is C25H29N3O5S. The highest BCUT2D eigenvalue weighted by Crippen LogP contribution is 2.33. The Hall–Kier alpha value is -3.46. The van der Waals surface area contributed by atoms with Gasteiger partial charge in [0.25, 0.3) is 5.56 Å². The number of aromatic amines is 1. The monoisotopic (exact) mass is 483 g/mol. The summed E-state index contributed by atoms with van der Waals surface area (Å²) >= 11 is 5.71. The number of unbranched alkanes of at least 4 members (excludes halogenated alkanes) is 1. The number of hydrogen-bond acceptors (Lipinski definition) is 6. The zero-order valence-corrected chi connectivity index (χ0v) is 20.4. The molecule has 0 aliphatic carbocycles. The SMILES string of the molecule is CCCCNC(=S)N(Cc1ccc2c(c1)OCO2)Cc1cc2cc(OC)c(OC)cc2[nH]c1=O. The summed E-state index contributed by atoms with van der Waals surface area (Å²) in [5.41, 5.74) is 2.11. The first-order valence-corrected chi connectivity index (χ1v) is 11.6. The van der Waals surface area contributed by atoms with Gasteiger partial charge < -0.3 is 34.1 Å². The van der Waals surface area contributed by atoms with Gasteiger partial charge in [-0.05, 0) is 48.5 Å². The second-order valence-electron chi connectivity index (χ2n) is 8.05. The van der Waals surface area contributed by atoms with Crippen LogP contribution >= 0.6 is 12.2 Å². The fraction of sp³-hybridized carbons (Fsp3) is 0.360. The van der Waals surface area contributed by atoms with Gasteiger partial charge in [0.1, 0.15) is 0 Å². The molecule has 1 aliphatic heterocycles. The van der Waals surface area contributed by atoms with Gasteiger partial charge in [-0.1, -0.05) is 19.4 Å². The summed E-state index contributed by atoms with van der Waals surface area (Å²) in [6, 6.07) is 11.3. The van der Waals surface area contributed by atoms with Gasteiger partial charge in [0.2, 0.25) is 6.79 Å². The van der Waals surface area contributed by atoms with Gasteiger partial charge in [0.15, 0.2) is 28.1 Å². The predicted octanol–water partition coefficient (Wildman–Crippen LogP) is 3.95. The number of ether oxygens (including phenoxy) is 4. The van der Waals surface area contributed by atoms with Crippen molar-refractivity contribution in [2.45, 2.75) is 32.9 Å². The predicted molar refractivity (Wildman–Crippen MR) is 135 cm³/mol. The molecule has 2 heterocycles. The van der Waals surface area contributed by atoms with Crippen LogP contribution in [0, 0.1) is 0 Å². The first kappa shape index (κ1) is 23.7. The average molecular weight is 484 g/mol. The van der Waals surface area contributed by atoms with E-state index in [0.29, 0.717) is 46.5 Å². The number of nitrogens with zero attached hydrogens (tertiary/aromatic N) is 1. The summed E-state index contributed by atoms with van der Waals surface area (Å²) in [5.74, 6) is 2.60. The Morgan fingerprint density at radius 2 is 1.85 bits per heavy atom. The Morgan fingerprint density at radius 3 is 2.62 bits per heavy atom. The van der Waals surface area contributed by atoms with Gasteiger partial charge in [-0.15, -0.1) is 0 Å². The maximum Gasteiger partial charge on any atom is 0.253 e. The normalized spacial score (nSPS) is 12.0. The van der Waals surface area contributed by atoms with Gasteiger partial charge in [-0.3, -0.25) is 4.79 Å². The maximum absolute atomic E-state index is 13.0. The van der Waals surface area contributed by atoms with Crippen LogP contribution in [-0.4, -0.2) is 42.6 Å². The summed E-state index contributed by atoms with van der Waals surface area (Å²) in [7, 11) is 3.15. The van der Waals surface area contributed by atoms with Crippen molar-refractivity contribution in [3.8, 4) is 23.0 Å². The highest BCUT2D eigenvalue weighted by molar-refractivity contribution is 7.80. The first-order chi connectivity index (χ1) is 16.5. The fourth-order valence-electron chi connectivity index (χ4n) is 3.84. The van der Waals surface area contributed by atoms with E-state index in [1.54, 1.807) is 20.3 Å². The third-order valence-electron chi connectivity index (χ3n) is 5.69. The highest BCUT2D eigenvalue weighted by atomic mass is 32.1. The molecule has 3 aromatic rings. The van der Waals surface area contributed by atoms with Crippen LogP contribution in [0.5, 0.6) is 23.0 Å². The Bertz CT molecular complexity index is 1240. The van der Waals surface area contributed by atoms with Gasteiger partial charge >= 0.3 is 0 Å². The molecule has 9 heteroatoms. The Balaban J connectivity index is 1.63. The molecule has 8 nitrogen and oxygen atoms in total. The molecule has 0 fully saturated rings. The molecule has 2 aromatic carbocycles. The van der Waals surface area contributed by atoms with Crippen LogP contribution in [0.2, 0.25) is 0 Å². The number of aromatic nitrogens is 1.